The lowest BCUT2D eigenvalue weighted by Gasteiger charge is -2.20. The fraction of sp³-hybridized carbons (Fsp3) is 1.00. The van der Waals surface area contributed by atoms with E-state index in [9.17, 15) is 5.11 Å². The molecule has 0 heterocycles. The molecule has 0 aromatic carbocycles. The molecule has 2 atom stereocenters. The molecule has 0 saturated carbocycles. The Labute approximate surface area is 118 Å². The number of hydrogen-bond acceptors (Lipinski definition) is 5. The van der Waals surface area contributed by atoms with Crippen molar-refractivity contribution in [1.82, 2.24) is 10.2 Å². The number of hydrogen-bond donors (Lipinski definition) is 2. The predicted octanol–water partition coefficient (Wildman–Crippen LogP) is 0.720. The van der Waals surface area contributed by atoms with Crippen LogP contribution in [-0.4, -0.2) is 75.3 Å². The zero-order valence-corrected chi connectivity index (χ0v) is 13.0. The molecule has 0 aliphatic carbocycles. The first kappa shape index (κ1) is 18.8. The van der Waals surface area contributed by atoms with Crippen molar-refractivity contribution >= 4 is 0 Å². The topological polar surface area (TPSA) is 54.0 Å². The minimum absolute atomic E-state index is 0.0276. The first-order valence-corrected chi connectivity index (χ1v) is 7.35. The van der Waals surface area contributed by atoms with Gasteiger partial charge in [-0.2, -0.15) is 0 Å². The van der Waals surface area contributed by atoms with Crippen molar-refractivity contribution in [3.8, 4) is 0 Å². The highest BCUT2D eigenvalue weighted by atomic mass is 16.5. The Morgan fingerprint density at radius 1 is 1.21 bits per heavy atom. The molecule has 116 valence electrons. The summed E-state index contributed by atoms with van der Waals surface area (Å²) in [6, 6.07) is 0. The molecule has 0 spiro atoms. The average molecular weight is 276 g/mol. The maximum Gasteiger partial charge on any atom is 0.0897 e. The van der Waals surface area contributed by atoms with Crippen molar-refractivity contribution in [2.24, 2.45) is 0 Å². The molecule has 0 fully saturated rings. The van der Waals surface area contributed by atoms with E-state index in [4.69, 9.17) is 9.47 Å². The Morgan fingerprint density at radius 2 is 1.95 bits per heavy atom. The number of ether oxygens (including phenoxy) is 2. The van der Waals surface area contributed by atoms with Gasteiger partial charge in [0.05, 0.1) is 25.4 Å². The van der Waals surface area contributed by atoms with Crippen LogP contribution in [0, 0.1) is 0 Å². The maximum absolute atomic E-state index is 9.75. The third-order valence-corrected chi connectivity index (χ3v) is 2.95. The summed E-state index contributed by atoms with van der Waals surface area (Å²) in [4.78, 5) is 2.40. The fourth-order valence-corrected chi connectivity index (χ4v) is 1.87. The summed E-state index contributed by atoms with van der Waals surface area (Å²) in [5.41, 5.74) is 0. The van der Waals surface area contributed by atoms with Crippen LogP contribution in [-0.2, 0) is 9.47 Å². The molecular weight excluding hydrogens is 244 g/mol. The van der Waals surface area contributed by atoms with Gasteiger partial charge >= 0.3 is 0 Å². The van der Waals surface area contributed by atoms with Gasteiger partial charge in [-0.05, 0) is 26.4 Å². The van der Waals surface area contributed by atoms with E-state index in [2.05, 4.69) is 24.1 Å². The number of aliphatic hydroxyl groups is 1. The van der Waals surface area contributed by atoms with Gasteiger partial charge in [-0.25, -0.2) is 0 Å². The van der Waals surface area contributed by atoms with Crippen LogP contribution < -0.4 is 5.32 Å². The number of nitrogens with zero attached hydrogens (tertiary/aromatic N) is 1. The van der Waals surface area contributed by atoms with Gasteiger partial charge in [0, 0.05) is 26.7 Å². The molecule has 0 rings (SSSR count). The molecule has 0 aromatic heterocycles. The summed E-state index contributed by atoms with van der Waals surface area (Å²) in [5.74, 6) is 0. The summed E-state index contributed by atoms with van der Waals surface area (Å²) >= 11 is 0. The second-order valence-electron chi connectivity index (χ2n) is 4.89. The van der Waals surface area contributed by atoms with Gasteiger partial charge in [-0.3, -0.25) is 0 Å². The monoisotopic (exact) mass is 276 g/mol. The second-order valence-corrected chi connectivity index (χ2v) is 4.89. The number of likely N-dealkylation sites (N-methyl/N-ethyl adjacent to an activating group) is 1. The Kier molecular flexibility index (Phi) is 12.7. The van der Waals surface area contributed by atoms with Gasteiger partial charge in [0.25, 0.3) is 0 Å². The molecule has 0 aliphatic rings. The van der Waals surface area contributed by atoms with E-state index in [0.29, 0.717) is 19.8 Å². The Hall–Kier alpha value is -0.200. The SMILES string of the molecule is CCCN(CC)CCNCC(O)COC(C)COC. The predicted molar refractivity (Wildman–Crippen MR) is 78.6 cm³/mol. The Morgan fingerprint density at radius 3 is 2.53 bits per heavy atom. The number of rotatable bonds is 13. The zero-order chi connectivity index (χ0) is 14.5. The van der Waals surface area contributed by atoms with Crippen molar-refractivity contribution in [3.63, 3.8) is 0 Å². The van der Waals surface area contributed by atoms with Crippen LogP contribution in [0.2, 0.25) is 0 Å². The van der Waals surface area contributed by atoms with Gasteiger partial charge in [-0.15, -0.1) is 0 Å². The Bertz CT molecular complexity index is 194. The molecule has 0 aliphatic heterocycles. The van der Waals surface area contributed by atoms with E-state index < -0.39 is 6.10 Å². The zero-order valence-electron chi connectivity index (χ0n) is 13.0. The highest BCUT2D eigenvalue weighted by Gasteiger charge is 2.08. The van der Waals surface area contributed by atoms with E-state index in [0.717, 1.165) is 26.2 Å². The minimum atomic E-state index is -0.458. The number of nitrogens with one attached hydrogen (secondary N) is 1. The molecule has 0 bridgehead atoms. The van der Waals surface area contributed by atoms with E-state index in [1.807, 2.05) is 6.92 Å². The third kappa shape index (κ3) is 11.3. The quantitative estimate of drug-likeness (QED) is 0.486. The molecule has 5 nitrogen and oxygen atoms in total. The number of aliphatic hydroxyl groups excluding tert-OH is 1. The van der Waals surface area contributed by atoms with Gasteiger partial charge in [0.2, 0.25) is 0 Å². The maximum atomic E-state index is 9.75. The minimum Gasteiger partial charge on any atom is -0.389 e. The molecule has 19 heavy (non-hydrogen) atoms. The first-order chi connectivity index (χ1) is 9.13. The van der Waals surface area contributed by atoms with Crippen molar-refractivity contribution in [2.45, 2.75) is 39.4 Å². The van der Waals surface area contributed by atoms with Gasteiger partial charge in [0.1, 0.15) is 0 Å². The first-order valence-electron chi connectivity index (χ1n) is 7.35. The van der Waals surface area contributed by atoms with Gasteiger partial charge in [0.15, 0.2) is 0 Å². The lowest BCUT2D eigenvalue weighted by molar-refractivity contribution is -0.0310. The highest BCUT2D eigenvalue weighted by Crippen LogP contribution is 1.94. The summed E-state index contributed by atoms with van der Waals surface area (Å²) in [6.45, 7) is 11.9. The lowest BCUT2D eigenvalue weighted by Crippen LogP contribution is -2.37. The molecule has 0 aromatic rings. The van der Waals surface area contributed by atoms with Crippen LogP contribution in [0.3, 0.4) is 0 Å². The second kappa shape index (κ2) is 12.8. The molecule has 2 N–H and O–H groups in total. The summed E-state index contributed by atoms with van der Waals surface area (Å²) in [7, 11) is 1.65. The van der Waals surface area contributed by atoms with Crippen LogP contribution >= 0.6 is 0 Å². The molecular formula is C14H32N2O3. The van der Waals surface area contributed by atoms with Crippen molar-refractivity contribution in [2.75, 3.05) is 53.0 Å². The molecule has 0 amide bonds. The van der Waals surface area contributed by atoms with E-state index in [1.54, 1.807) is 7.11 Å². The van der Waals surface area contributed by atoms with Crippen molar-refractivity contribution in [3.05, 3.63) is 0 Å². The van der Waals surface area contributed by atoms with Crippen LogP contribution in [0.5, 0.6) is 0 Å². The van der Waals surface area contributed by atoms with Crippen LogP contribution in [0.1, 0.15) is 27.2 Å². The number of methoxy groups -OCH3 is 1. The van der Waals surface area contributed by atoms with Gasteiger partial charge < -0.3 is 24.8 Å². The molecule has 0 saturated heterocycles. The fourth-order valence-electron chi connectivity index (χ4n) is 1.87. The van der Waals surface area contributed by atoms with E-state index in [-0.39, 0.29) is 6.10 Å². The molecule has 0 radical (unpaired) electrons. The third-order valence-electron chi connectivity index (χ3n) is 2.95. The van der Waals surface area contributed by atoms with Crippen LogP contribution in [0.25, 0.3) is 0 Å². The summed E-state index contributed by atoms with van der Waals surface area (Å²) < 4.78 is 10.4. The summed E-state index contributed by atoms with van der Waals surface area (Å²) in [6.07, 6.45) is 0.752. The molecule has 5 heteroatoms. The van der Waals surface area contributed by atoms with Crippen molar-refractivity contribution < 1.29 is 14.6 Å². The van der Waals surface area contributed by atoms with Crippen LogP contribution in [0.15, 0.2) is 0 Å². The molecule has 2 unspecified atom stereocenters. The van der Waals surface area contributed by atoms with E-state index in [1.165, 1.54) is 6.42 Å². The van der Waals surface area contributed by atoms with Crippen molar-refractivity contribution in [1.29, 1.82) is 0 Å². The van der Waals surface area contributed by atoms with E-state index >= 15 is 0 Å². The van der Waals surface area contributed by atoms with Crippen LogP contribution in [0.4, 0.5) is 0 Å². The average Bonchev–Trinajstić information content (AvgIpc) is 2.40. The van der Waals surface area contributed by atoms with Gasteiger partial charge in [-0.1, -0.05) is 13.8 Å². The lowest BCUT2D eigenvalue weighted by atomic mass is 10.3. The summed E-state index contributed by atoms with van der Waals surface area (Å²) in [5, 5.41) is 13.0. The standard InChI is InChI=1S/C14H32N2O3/c1-5-8-16(6-2)9-7-15-10-14(17)12-19-13(3)11-18-4/h13-15,17H,5-12H2,1-4H3. The Balaban J connectivity index is 3.49. The smallest absolute Gasteiger partial charge is 0.0897 e. The highest BCUT2D eigenvalue weighted by molar-refractivity contribution is 4.62. The normalized spacial score (nSPS) is 14.8. The largest absolute Gasteiger partial charge is 0.389 e.